The van der Waals surface area contributed by atoms with Crippen LogP contribution in [-0.2, 0) is 13.1 Å². The predicted molar refractivity (Wildman–Crippen MR) is 108 cm³/mol. The van der Waals surface area contributed by atoms with Crippen LogP contribution in [0.1, 0.15) is 66.8 Å². The Bertz CT molecular complexity index is 791. The molecule has 1 N–H and O–H groups in total. The molecule has 4 rings (SSSR count). The molecule has 0 spiro atoms. The first-order chi connectivity index (χ1) is 13.7. The van der Waals surface area contributed by atoms with Crippen LogP contribution < -0.4 is 10.1 Å². The van der Waals surface area contributed by atoms with Gasteiger partial charge in [0, 0.05) is 18.6 Å². The van der Waals surface area contributed by atoms with Gasteiger partial charge in [-0.05, 0) is 55.5 Å². The van der Waals surface area contributed by atoms with E-state index in [1.807, 2.05) is 18.2 Å². The quantitative estimate of drug-likeness (QED) is 0.730. The maximum atomic E-state index is 12.2. The molecule has 0 atom stereocenters. The van der Waals surface area contributed by atoms with Gasteiger partial charge in [0.25, 0.3) is 5.91 Å². The summed E-state index contributed by atoms with van der Waals surface area (Å²) in [7, 11) is 1.70. The van der Waals surface area contributed by atoms with E-state index in [4.69, 9.17) is 9.15 Å². The topological polar surface area (TPSA) is 54.7 Å². The third-order valence-corrected chi connectivity index (χ3v) is 5.77. The van der Waals surface area contributed by atoms with Crippen LogP contribution in [0.2, 0.25) is 0 Å². The number of nitrogens with zero attached hydrogens (tertiary/aromatic N) is 1. The summed E-state index contributed by atoms with van der Waals surface area (Å²) in [6, 6.07) is 12.9. The predicted octanol–water partition coefficient (Wildman–Crippen LogP) is 4.52. The fourth-order valence-corrected chi connectivity index (χ4v) is 4.03. The standard InChI is InChI=1S/C23H30N2O3/c1-27-20-9-5-6-17(14-20)15-25(19-7-3-2-4-8-19)16-21-12-13-22(28-21)23(26)24-18-10-11-18/h5-6,9,12-14,18-19H,2-4,7-8,10-11,15-16H2,1H3,(H,24,26). The summed E-state index contributed by atoms with van der Waals surface area (Å²) in [5, 5.41) is 2.99. The number of rotatable bonds is 8. The van der Waals surface area contributed by atoms with E-state index in [0.29, 0.717) is 17.8 Å². The molecule has 150 valence electrons. The number of ether oxygens (including phenoxy) is 1. The monoisotopic (exact) mass is 382 g/mol. The number of benzene rings is 1. The Balaban J connectivity index is 1.46. The molecule has 0 unspecified atom stereocenters. The van der Waals surface area contributed by atoms with Gasteiger partial charge in [-0.15, -0.1) is 0 Å². The summed E-state index contributed by atoms with van der Waals surface area (Å²) >= 11 is 0. The van der Waals surface area contributed by atoms with Crippen LogP contribution in [0.25, 0.3) is 0 Å². The number of methoxy groups -OCH3 is 1. The van der Waals surface area contributed by atoms with Crippen molar-refractivity contribution in [3.63, 3.8) is 0 Å². The van der Waals surface area contributed by atoms with Crippen LogP contribution in [-0.4, -0.2) is 30.0 Å². The molecule has 2 fully saturated rings. The second kappa shape index (κ2) is 8.82. The number of hydrogen-bond donors (Lipinski definition) is 1. The third kappa shape index (κ3) is 4.96. The van der Waals surface area contributed by atoms with Crippen molar-refractivity contribution in [3.8, 4) is 5.75 Å². The summed E-state index contributed by atoms with van der Waals surface area (Å²) in [4.78, 5) is 14.7. The molecule has 0 aliphatic heterocycles. The van der Waals surface area contributed by atoms with E-state index < -0.39 is 0 Å². The van der Waals surface area contributed by atoms with Gasteiger partial charge in [0.1, 0.15) is 11.5 Å². The van der Waals surface area contributed by atoms with Crippen molar-refractivity contribution in [3.05, 3.63) is 53.5 Å². The maximum Gasteiger partial charge on any atom is 0.287 e. The number of amides is 1. The molecule has 28 heavy (non-hydrogen) atoms. The second-order valence-electron chi connectivity index (χ2n) is 8.06. The molecule has 1 aromatic heterocycles. The van der Waals surface area contributed by atoms with Crippen molar-refractivity contribution in [2.24, 2.45) is 0 Å². The number of furan rings is 1. The fraction of sp³-hybridized carbons (Fsp3) is 0.522. The van der Waals surface area contributed by atoms with Crippen molar-refractivity contribution in [1.29, 1.82) is 0 Å². The van der Waals surface area contributed by atoms with Gasteiger partial charge in [0.2, 0.25) is 0 Å². The Morgan fingerprint density at radius 1 is 1.11 bits per heavy atom. The minimum Gasteiger partial charge on any atom is -0.497 e. The number of nitrogens with one attached hydrogen (secondary N) is 1. The smallest absolute Gasteiger partial charge is 0.287 e. The largest absolute Gasteiger partial charge is 0.497 e. The van der Waals surface area contributed by atoms with Gasteiger partial charge in [-0.1, -0.05) is 31.4 Å². The lowest BCUT2D eigenvalue weighted by atomic mass is 9.93. The Kier molecular flexibility index (Phi) is 6.01. The van der Waals surface area contributed by atoms with Crippen molar-refractivity contribution >= 4 is 5.91 Å². The molecule has 5 heteroatoms. The SMILES string of the molecule is COc1cccc(CN(Cc2ccc(C(=O)NC3CC3)o2)C2CCCCC2)c1. The molecular weight excluding hydrogens is 352 g/mol. The van der Waals surface area contributed by atoms with Gasteiger partial charge >= 0.3 is 0 Å². The third-order valence-electron chi connectivity index (χ3n) is 5.77. The molecule has 0 saturated heterocycles. The first-order valence-electron chi connectivity index (χ1n) is 10.5. The highest BCUT2D eigenvalue weighted by Crippen LogP contribution is 2.27. The average Bonchev–Trinajstić information content (AvgIpc) is 3.42. The molecule has 2 aliphatic rings. The van der Waals surface area contributed by atoms with Gasteiger partial charge < -0.3 is 14.5 Å². The van der Waals surface area contributed by atoms with E-state index in [2.05, 4.69) is 22.3 Å². The highest BCUT2D eigenvalue weighted by Gasteiger charge is 2.26. The lowest BCUT2D eigenvalue weighted by Crippen LogP contribution is -2.35. The number of hydrogen-bond acceptors (Lipinski definition) is 4. The van der Waals surface area contributed by atoms with Crippen LogP contribution in [0.3, 0.4) is 0 Å². The molecule has 2 aliphatic carbocycles. The maximum absolute atomic E-state index is 12.2. The Labute approximate surface area is 167 Å². The summed E-state index contributed by atoms with van der Waals surface area (Å²) in [6.45, 7) is 1.57. The zero-order valence-corrected chi connectivity index (χ0v) is 16.7. The van der Waals surface area contributed by atoms with Crippen LogP contribution in [0.15, 0.2) is 40.8 Å². The van der Waals surface area contributed by atoms with Gasteiger partial charge in [0.05, 0.1) is 13.7 Å². The Hall–Kier alpha value is -2.27. The molecule has 2 aromatic rings. The Morgan fingerprint density at radius 2 is 1.93 bits per heavy atom. The molecule has 1 aromatic carbocycles. The number of carbonyl (C=O) groups excluding carboxylic acids is 1. The van der Waals surface area contributed by atoms with Crippen LogP contribution in [0, 0.1) is 0 Å². The first-order valence-corrected chi connectivity index (χ1v) is 10.5. The molecule has 0 bridgehead atoms. The van der Waals surface area contributed by atoms with E-state index in [1.54, 1.807) is 13.2 Å². The van der Waals surface area contributed by atoms with Gasteiger partial charge in [0.15, 0.2) is 5.76 Å². The van der Waals surface area contributed by atoms with Crippen LogP contribution >= 0.6 is 0 Å². The van der Waals surface area contributed by atoms with E-state index in [9.17, 15) is 4.79 Å². The molecule has 2 saturated carbocycles. The highest BCUT2D eigenvalue weighted by atomic mass is 16.5. The van der Waals surface area contributed by atoms with Crippen LogP contribution in [0.5, 0.6) is 5.75 Å². The van der Waals surface area contributed by atoms with Gasteiger partial charge in [-0.3, -0.25) is 9.69 Å². The lowest BCUT2D eigenvalue weighted by molar-refractivity contribution is 0.0913. The van der Waals surface area contributed by atoms with Gasteiger partial charge in [-0.2, -0.15) is 0 Å². The van der Waals surface area contributed by atoms with Gasteiger partial charge in [-0.25, -0.2) is 0 Å². The van der Waals surface area contributed by atoms with E-state index in [-0.39, 0.29) is 5.91 Å². The molecule has 1 amide bonds. The van der Waals surface area contributed by atoms with E-state index in [1.165, 1.54) is 37.7 Å². The lowest BCUT2D eigenvalue weighted by Gasteiger charge is -2.34. The summed E-state index contributed by atoms with van der Waals surface area (Å²) in [5.74, 6) is 2.07. The first kappa shape index (κ1) is 19.1. The minimum atomic E-state index is -0.0919. The molecule has 1 heterocycles. The van der Waals surface area contributed by atoms with E-state index in [0.717, 1.165) is 37.4 Å². The fourth-order valence-electron chi connectivity index (χ4n) is 4.03. The second-order valence-corrected chi connectivity index (χ2v) is 8.06. The summed E-state index contributed by atoms with van der Waals surface area (Å²) in [5.41, 5.74) is 1.24. The van der Waals surface area contributed by atoms with E-state index >= 15 is 0 Å². The van der Waals surface area contributed by atoms with Crippen molar-refractivity contribution in [1.82, 2.24) is 10.2 Å². The average molecular weight is 383 g/mol. The molecule has 5 nitrogen and oxygen atoms in total. The Morgan fingerprint density at radius 3 is 2.68 bits per heavy atom. The molecule has 0 radical (unpaired) electrons. The highest BCUT2D eigenvalue weighted by molar-refractivity contribution is 5.91. The molecular formula is C23H30N2O3. The summed E-state index contributed by atoms with van der Waals surface area (Å²) in [6.07, 6.45) is 8.50. The summed E-state index contributed by atoms with van der Waals surface area (Å²) < 4.78 is 11.3. The number of carbonyl (C=O) groups is 1. The van der Waals surface area contributed by atoms with Crippen LogP contribution in [0.4, 0.5) is 0 Å². The van der Waals surface area contributed by atoms with Crippen molar-refractivity contribution < 1.29 is 13.9 Å². The normalized spacial score (nSPS) is 17.6. The minimum absolute atomic E-state index is 0.0919. The zero-order valence-electron chi connectivity index (χ0n) is 16.7. The van der Waals surface area contributed by atoms with Crippen molar-refractivity contribution in [2.75, 3.05) is 7.11 Å². The zero-order chi connectivity index (χ0) is 19.3. The van der Waals surface area contributed by atoms with Crippen molar-refractivity contribution in [2.45, 2.75) is 70.1 Å².